The van der Waals surface area contributed by atoms with Gasteiger partial charge in [0.2, 0.25) is 0 Å². The van der Waals surface area contributed by atoms with E-state index in [4.69, 9.17) is 5.11 Å². The summed E-state index contributed by atoms with van der Waals surface area (Å²) >= 11 is 2.59. The molecule has 9 heteroatoms. The quantitative estimate of drug-likeness (QED) is 0.623. The van der Waals surface area contributed by atoms with Crippen LogP contribution in [-0.2, 0) is 21.5 Å². The molecule has 0 amide bonds. The second-order valence-electron chi connectivity index (χ2n) is 4.06. The summed E-state index contributed by atoms with van der Waals surface area (Å²) in [6, 6.07) is 0.819. The Morgan fingerprint density at radius 2 is 1.55 bits per heavy atom. The van der Waals surface area contributed by atoms with Crippen LogP contribution < -0.4 is 0 Å². The highest BCUT2D eigenvalue weighted by atomic mass is 79.9. The fourth-order valence-electron chi connectivity index (χ4n) is 1.48. The Bertz CT molecular complexity index is 533. The van der Waals surface area contributed by atoms with Crippen LogP contribution in [0.15, 0.2) is 18.2 Å². The molecule has 1 atom stereocenters. The number of rotatable bonds is 2. The zero-order valence-corrected chi connectivity index (χ0v) is 11.3. The van der Waals surface area contributed by atoms with Gasteiger partial charge in [-0.25, -0.2) is 0 Å². The van der Waals surface area contributed by atoms with Crippen molar-refractivity contribution in [2.45, 2.75) is 23.6 Å². The van der Waals surface area contributed by atoms with Gasteiger partial charge in [-0.3, -0.25) is 4.79 Å². The molecule has 1 aromatic rings. The number of alkyl halides is 7. The van der Waals surface area contributed by atoms with Gasteiger partial charge in [0.15, 0.2) is 0 Å². The highest BCUT2D eigenvalue weighted by molar-refractivity contribution is 9.10. The molecule has 20 heavy (non-hydrogen) atoms. The lowest BCUT2D eigenvalue weighted by Crippen LogP contribution is -2.29. The molecule has 2 nitrogen and oxygen atoms in total. The Hall–Kier alpha value is -1.25. The molecule has 0 saturated carbocycles. The summed E-state index contributed by atoms with van der Waals surface area (Å²) in [4.78, 5) is 10.9. The Morgan fingerprint density at radius 1 is 1.05 bits per heavy atom. The van der Waals surface area contributed by atoms with E-state index in [0.29, 0.717) is 12.1 Å². The summed E-state index contributed by atoms with van der Waals surface area (Å²) in [5.41, 5.74) is -3.94. The standard InChI is InChI=1S/C11H7BrF6O2/c1-9(12,8(19)20)6-3-2-5(10(13,14)15)4-7(6)11(16,17)18/h2-4H,1H3,(H,19,20). The van der Waals surface area contributed by atoms with Crippen molar-refractivity contribution < 1.29 is 36.2 Å². The number of hydrogen-bond donors (Lipinski definition) is 1. The summed E-state index contributed by atoms with van der Waals surface area (Å²) in [6.45, 7) is 0.910. The first-order valence-electron chi connectivity index (χ1n) is 4.99. The lowest BCUT2D eigenvalue weighted by atomic mass is 9.93. The molecular formula is C11H7BrF6O2. The van der Waals surface area contributed by atoms with Crippen molar-refractivity contribution in [1.29, 1.82) is 0 Å². The largest absolute Gasteiger partial charge is 0.480 e. The lowest BCUT2D eigenvalue weighted by Gasteiger charge is -2.23. The number of carboxylic acids is 1. The molecule has 0 heterocycles. The van der Waals surface area contributed by atoms with E-state index >= 15 is 0 Å². The van der Waals surface area contributed by atoms with Gasteiger partial charge in [-0.2, -0.15) is 26.3 Å². The van der Waals surface area contributed by atoms with E-state index in [1.807, 2.05) is 0 Å². The van der Waals surface area contributed by atoms with Crippen LogP contribution in [0.3, 0.4) is 0 Å². The van der Waals surface area contributed by atoms with Gasteiger partial charge in [0.1, 0.15) is 4.32 Å². The molecule has 0 fully saturated rings. The topological polar surface area (TPSA) is 37.3 Å². The van der Waals surface area contributed by atoms with Gasteiger partial charge in [-0.05, 0) is 24.6 Å². The first kappa shape index (κ1) is 16.8. The van der Waals surface area contributed by atoms with Crippen LogP contribution in [0.5, 0.6) is 0 Å². The van der Waals surface area contributed by atoms with E-state index in [0.717, 1.165) is 6.92 Å². The fourth-order valence-corrected chi connectivity index (χ4v) is 1.83. The molecule has 0 aliphatic carbocycles. The highest BCUT2D eigenvalue weighted by Gasteiger charge is 2.44. The van der Waals surface area contributed by atoms with E-state index in [1.165, 1.54) is 0 Å². The van der Waals surface area contributed by atoms with E-state index in [2.05, 4.69) is 15.9 Å². The molecule has 0 aliphatic rings. The van der Waals surface area contributed by atoms with Crippen LogP contribution >= 0.6 is 15.9 Å². The average molecular weight is 365 g/mol. The van der Waals surface area contributed by atoms with Gasteiger partial charge < -0.3 is 5.11 Å². The van der Waals surface area contributed by atoms with Crippen LogP contribution in [0.4, 0.5) is 26.3 Å². The van der Waals surface area contributed by atoms with Crippen molar-refractivity contribution in [2.24, 2.45) is 0 Å². The highest BCUT2D eigenvalue weighted by Crippen LogP contribution is 2.43. The molecule has 1 N–H and O–H groups in total. The average Bonchev–Trinajstić information content (AvgIpc) is 2.25. The molecule has 0 radical (unpaired) electrons. The Balaban J connectivity index is 3.60. The minimum atomic E-state index is -5.11. The smallest absolute Gasteiger partial charge is 0.416 e. The first-order chi connectivity index (χ1) is 8.78. The van der Waals surface area contributed by atoms with Gasteiger partial charge in [0.25, 0.3) is 0 Å². The molecular weight excluding hydrogens is 358 g/mol. The number of hydrogen-bond acceptors (Lipinski definition) is 1. The van der Waals surface area contributed by atoms with Gasteiger partial charge in [0, 0.05) is 0 Å². The molecule has 1 aromatic carbocycles. The zero-order chi connectivity index (χ0) is 15.9. The number of halogens is 7. The summed E-state index contributed by atoms with van der Waals surface area (Å²) in [7, 11) is 0. The summed E-state index contributed by atoms with van der Waals surface area (Å²) in [6.07, 6.45) is -10.1. The minimum absolute atomic E-state index is 0.0994. The van der Waals surface area contributed by atoms with Crippen LogP contribution in [0.25, 0.3) is 0 Å². The maximum atomic E-state index is 12.8. The fraction of sp³-hybridized carbons (Fsp3) is 0.364. The predicted molar refractivity (Wildman–Crippen MR) is 60.4 cm³/mol. The number of benzene rings is 1. The third-order valence-electron chi connectivity index (χ3n) is 2.56. The lowest BCUT2D eigenvalue weighted by molar-refractivity contribution is -0.144. The molecule has 112 valence electrons. The summed E-state index contributed by atoms with van der Waals surface area (Å²) in [5, 5.41) is 8.88. The first-order valence-corrected chi connectivity index (χ1v) is 5.78. The monoisotopic (exact) mass is 364 g/mol. The van der Waals surface area contributed by atoms with E-state index in [1.54, 1.807) is 0 Å². The van der Waals surface area contributed by atoms with Crippen LogP contribution in [-0.4, -0.2) is 11.1 Å². The van der Waals surface area contributed by atoms with Crippen molar-refractivity contribution in [3.63, 3.8) is 0 Å². The Kier molecular flexibility index (Phi) is 4.15. The molecule has 0 spiro atoms. The number of aliphatic carboxylic acids is 1. The maximum absolute atomic E-state index is 12.8. The number of carboxylic acid groups (broad SMARTS) is 1. The zero-order valence-electron chi connectivity index (χ0n) is 9.73. The molecule has 1 unspecified atom stereocenters. The SMILES string of the molecule is CC(Br)(C(=O)O)c1ccc(C(F)(F)F)cc1C(F)(F)F. The van der Waals surface area contributed by atoms with Crippen molar-refractivity contribution >= 4 is 21.9 Å². The molecule has 0 aliphatic heterocycles. The minimum Gasteiger partial charge on any atom is -0.480 e. The molecule has 1 rings (SSSR count). The Morgan fingerprint density at radius 3 is 1.90 bits per heavy atom. The van der Waals surface area contributed by atoms with Gasteiger partial charge in [0.05, 0.1) is 11.1 Å². The summed E-state index contributed by atoms with van der Waals surface area (Å²) in [5.74, 6) is -1.65. The van der Waals surface area contributed by atoms with E-state index in [9.17, 15) is 31.1 Å². The second-order valence-corrected chi connectivity index (χ2v) is 5.65. The van der Waals surface area contributed by atoms with Crippen LogP contribution in [0.2, 0.25) is 0 Å². The third-order valence-corrected chi connectivity index (χ3v) is 3.33. The van der Waals surface area contributed by atoms with Crippen molar-refractivity contribution in [1.82, 2.24) is 0 Å². The normalized spacial score (nSPS) is 15.8. The molecule has 0 bridgehead atoms. The van der Waals surface area contributed by atoms with Crippen molar-refractivity contribution in [3.8, 4) is 0 Å². The van der Waals surface area contributed by atoms with Crippen LogP contribution in [0, 0.1) is 0 Å². The van der Waals surface area contributed by atoms with Gasteiger partial charge >= 0.3 is 18.3 Å². The molecule has 0 saturated heterocycles. The summed E-state index contributed by atoms with van der Waals surface area (Å²) < 4.78 is 73.7. The third kappa shape index (κ3) is 3.25. The van der Waals surface area contributed by atoms with Gasteiger partial charge in [-0.15, -0.1) is 0 Å². The second kappa shape index (κ2) is 4.94. The van der Waals surface area contributed by atoms with Gasteiger partial charge in [-0.1, -0.05) is 22.0 Å². The van der Waals surface area contributed by atoms with Crippen molar-refractivity contribution in [3.05, 3.63) is 34.9 Å². The van der Waals surface area contributed by atoms with E-state index < -0.39 is 39.3 Å². The molecule has 0 aromatic heterocycles. The predicted octanol–water partition coefficient (Wildman–Crippen LogP) is 4.42. The van der Waals surface area contributed by atoms with E-state index in [-0.39, 0.29) is 6.07 Å². The van der Waals surface area contributed by atoms with Crippen molar-refractivity contribution in [2.75, 3.05) is 0 Å². The maximum Gasteiger partial charge on any atom is 0.416 e. The van der Waals surface area contributed by atoms with Crippen LogP contribution in [0.1, 0.15) is 23.6 Å². The number of carbonyl (C=O) groups is 1. The Labute approximate surface area is 117 Å².